The summed E-state index contributed by atoms with van der Waals surface area (Å²) in [6.45, 7) is 7.06. The average Bonchev–Trinajstić information content (AvgIpc) is 2.07. The molecule has 0 amide bonds. The molecule has 0 fully saturated rings. The Hall–Kier alpha value is -0.603. The molecule has 0 aliphatic rings. The van der Waals surface area contributed by atoms with Gasteiger partial charge in [0, 0.05) is 6.61 Å². The van der Waals surface area contributed by atoms with E-state index < -0.39 is 0 Å². The zero-order valence-corrected chi connectivity index (χ0v) is 8.85. The van der Waals surface area contributed by atoms with Crippen molar-refractivity contribution in [1.82, 2.24) is 0 Å². The molecule has 64 valence electrons. The highest BCUT2D eigenvalue weighted by Gasteiger charge is 1.99. The number of benzene rings is 1. The molecule has 1 rings (SSSR count). The van der Waals surface area contributed by atoms with E-state index in [2.05, 4.69) is 32.0 Å². The molecule has 2 radical (unpaired) electrons. The number of aryl methyl sites for hydroxylation is 2. The van der Waals surface area contributed by atoms with Gasteiger partial charge < -0.3 is 4.43 Å². The summed E-state index contributed by atoms with van der Waals surface area (Å²) in [5.41, 5.74) is 2.63. The monoisotopic (exact) mass is 178 g/mol. The number of hydrogen-bond donors (Lipinski definition) is 0. The van der Waals surface area contributed by atoms with E-state index in [0.29, 0.717) is 9.76 Å². The van der Waals surface area contributed by atoms with Gasteiger partial charge in [0.2, 0.25) is 0 Å². The Kier molecular flexibility index (Phi) is 3.50. The van der Waals surface area contributed by atoms with E-state index in [9.17, 15) is 0 Å². The zero-order chi connectivity index (χ0) is 8.97. The first-order chi connectivity index (χ1) is 5.74. The number of rotatable bonds is 3. The van der Waals surface area contributed by atoms with Crippen LogP contribution >= 0.6 is 0 Å². The zero-order valence-electron chi connectivity index (χ0n) is 7.85. The molecule has 2 heteroatoms. The van der Waals surface area contributed by atoms with Crippen LogP contribution in [0.5, 0.6) is 0 Å². The predicted octanol–water partition coefficient (Wildman–Crippen LogP) is 1.58. The molecule has 0 saturated carbocycles. The van der Waals surface area contributed by atoms with Gasteiger partial charge in [0.1, 0.15) is 0 Å². The van der Waals surface area contributed by atoms with Crippen LogP contribution in [0.3, 0.4) is 0 Å². The lowest BCUT2D eigenvalue weighted by Gasteiger charge is -2.04. The van der Waals surface area contributed by atoms with Crippen molar-refractivity contribution >= 4 is 14.9 Å². The minimum atomic E-state index is 0.500. The van der Waals surface area contributed by atoms with Crippen molar-refractivity contribution in [2.75, 3.05) is 6.61 Å². The summed E-state index contributed by atoms with van der Waals surface area (Å²) >= 11 is 0. The van der Waals surface area contributed by atoms with Gasteiger partial charge >= 0.3 is 0 Å². The first-order valence-electron chi connectivity index (χ1n) is 4.19. The quantitative estimate of drug-likeness (QED) is 0.639. The Morgan fingerprint density at radius 1 is 1.33 bits per heavy atom. The lowest BCUT2D eigenvalue weighted by atomic mass is 10.2. The fraction of sp³-hybridized carbons (Fsp3) is 0.400. The summed E-state index contributed by atoms with van der Waals surface area (Å²) in [7, 11) is 0.500. The minimum Gasteiger partial charge on any atom is -0.412 e. The molecule has 0 N–H and O–H groups in total. The summed E-state index contributed by atoms with van der Waals surface area (Å²) in [5, 5.41) is 1.33. The van der Waals surface area contributed by atoms with Gasteiger partial charge in [-0.25, -0.2) is 0 Å². The summed E-state index contributed by atoms with van der Waals surface area (Å²) in [6.07, 6.45) is 0. The summed E-state index contributed by atoms with van der Waals surface area (Å²) < 4.78 is 5.38. The molecule has 0 saturated heterocycles. The molecule has 0 unspecified atom stereocenters. The van der Waals surface area contributed by atoms with Crippen LogP contribution in [0.2, 0.25) is 0 Å². The van der Waals surface area contributed by atoms with Gasteiger partial charge in [0.25, 0.3) is 9.76 Å². The van der Waals surface area contributed by atoms with Crippen molar-refractivity contribution in [2.24, 2.45) is 0 Å². The van der Waals surface area contributed by atoms with Gasteiger partial charge in [-0.05, 0) is 31.5 Å². The van der Waals surface area contributed by atoms with E-state index in [1.165, 1.54) is 16.3 Å². The van der Waals surface area contributed by atoms with Gasteiger partial charge in [-0.1, -0.05) is 23.8 Å². The second kappa shape index (κ2) is 4.43. The maximum atomic E-state index is 5.38. The molecule has 1 aromatic carbocycles. The average molecular weight is 178 g/mol. The Labute approximate surface area is 76.7 Å². The van der Waals surface area contributed by atoms with Gasteiger partial charge in [0.05, 0.1) is 0 Å². The molecule has 0 aliphatic carbocycles. The third-order valence-corrected chi connectivity index (χ3v) is 2.91. The molecule has 0 atom stereocenters. The number of hydrogen-bond acceptors (Lipinski definition) is 1. The van der Waals surface area contributed by atoms with Gasteiger partial charge in [-0.2, -0.15) is 0 Å². The highest BCUT2D eigenvalue weighted by atomic mass is 28.2. The molecule has 1 aromatic rings. The van der Waals surface area contributed by atoms with Crippen molar-refractivity contribution in [1.29, 1.82) is 0 Å². The molecule has 0 bridgehead atoms. The largest absolute Gasteiger partial charge is 0.412 e. The minimum absolute atomic E-state index is 0.500. The maximum absolute atomic E-state index is 5.38. The highest BCUT2D eigenvalue weighted by Crippen LogP contribution is 1.98. The van der Waals surface area contributed by atoms with E-state index in [-0.39, 0.29) is 0 Å². The lowest BCUT2D eigenvalue weighted by molar-refractivity contribution is 0.367. The van der Waals surface area contributed by atoms with Gasteiger partial charge in [0.15, 0.2) is 0 Å². The van der Waals surface area contributed by atoms with Crippen molar-refractivity contribution in [3.8, 4) is 0 Å². The third-order valence-electron chi connectivity index (χ3n) is 1.72. The molecule has 0 aliphatic heterocycles. The van der Waals surface area contributed by atoms with Crippen LogP contribution in [0.4, 0.5) is 0 Å². The van der Waals surface area contributed by atoms with Crippen molar-refractivity contribution in [3.05, 3.63) is 29.3 Å². The SMILES string of the molecule is CCO[Si]c1cc(C)ccc1C. The van der Waals surface area contributed by atoms with E-state index in [1.807, 2.05) is 6.92 Å². The first kappa shape index (κ1) is 9.48. The highest BCUT2D eigenvalue weighted by molar-refractivity contribution is 6.47. The molecule has 0 heterocycles. The molecule has 0 aromatic heterocycles. The van der Waals surface area contributed by atoms with Crippen molar-refractivity contribution < 1.29 is 4.43 Å². The normalized spacial score (nSPS) is 10.2. The molecular formula is C10H14OSi. The molecular weight excluding hydrogens is 164 g/mol. The Bertz CT molecular complexity index is 258. The standard InChI is InChI=1S/C10H14OSi/c1-4-11-12-10-7-8(2)5-6-9(10)3/h5-7H,4H2,1-3H3. The van der Waals surface area contributed by atoms with E-state index >= 15 is 0 Å². The summed E-state index contributed by atoms with van der Waals surface area (Å²) in [4.78, 5) is 0. The Balaban J connectivity index is 2.75. The van der Waals surface area contributed by atoms with E-state index in [0.717, 1.165) is 6.61 Å². The van der Waals surface area contributed by atoms with E-state index in [4.69, 9.17) is 4.43 Å². The second-order valence-electron chi connectivity index (χ2n) is 2.85. The van der Waals surface area contributed by atoms with Crippen LogP contribution in [0.15, 0.2) is 18.2 Å². The summed E-state index contributed by atoms with van der Waals surface area (Å²) in [6, 6.07) is 6.48. The van der Waals surface area contributed by atoms with Crippen LogP contribution in [0.25, 0.3) is 0 Å². The van der Waals surface area contributed by atoms with Crippen LogP contribution < -0.4 is 5.19 Å². The molecule has 1 nitrogen and oxygen atoms in total. The third kappa shape index (κ3) is 2.46. The smallest absolute Gasteiger partial charge is 0.268 e. The van der Waals surface area contributed by atoms with Crippen molar-refractivity contribution in [2.45, 2.75) is 20.8 Å². The molecule has 12 heavy (non-hydrogen) atoms. The van der Waals surface area contributed by atoms with Crippen LogP contribution in [-0.4, -0.2) is 16.4 Å². The molecule has 0 spiro atoms. The fourth-order valence-corrected chi connectivity index (χ4v) is 1.83. The van der Waals surface area contributed by atoms with E-state index in [1.54, 1.807) is 0 Å². The van der Waals surface area contributed by atoms with Crippen LogP contribution in [-0.2, 0) is 4.43 Å². The van der Waals surface area contributed by atoms with Crippen LogP contribution in [0.1, 0.15) is 18.1 Å². The van der Waals surface area contributed by atoms with Crippen LogP contribution in [0, 0.1) is 13.8 Å². The summed E-state index contributed by atoms with van der Waals surface area (Å²) in [5.74, 6) is 0. The topological polar surface area (TPSA) is 9.23 Å². The maximum Gasteiger partial charge on any atom is 0.268 e. The lowest BCUT2D eigenvalue weighted by Crippen LogP contribution is -2.20. The predicted molar refractivity (Wildman–Crippen MR) is 52.9 cm³/mol. The second-order valence-corrected chi connectivity index (χ2v) is 3.88. The fourth-order valence-electron chi connectivity index (χ4n) is 0.996. The Morgan fingerprint density at radius 3 is 2.75 bits per heavy atom. The Morgan fingerprint density at radius 2 is 2.08 bits per heavy atom. The first-order valence-corrected chi connectivity index (χ1v) is 5.10. The van der Waals surface area contributed by atoms with Gasteiger partial charge in [-0.3, -0.25) is 0 Å². The van der Waals surface area contributed by atoms with Gasteiger partial charge in [-0.15, -0.1) is 0 Å². The van der Waals surface area contributed by atoms with Crippen molar-refractivity contribution in [3.63, 3.8) is 0 Å².